The smallest absolute Gasteiger partial charge is 0.315 e. The lowest BCUT2D eigenvalue weighted by Crippen LogP contribution is -2.58. The van der Waals surface area contributed by atoms with Crippen LogP contribution in [-0.4, -0.2) is 58.8 Å². The van der Waals surface area contributed by atoms with Crippen molar-refractivity contribution in [3.8, 4) is 0 Å². The third-order valence-electron chi connectivity index (χ3n) is 7.36. The maximum Gasteiger partial charge on any atom is 0.315 e. The lowest BCUT2D eigenvalue weighted by Gasteiger charge is -2.41. The predicted molar refractivity (Wildman–Crippen MR) is 140 cm³/mol. The molecular formula is C27H42N6O3. The molecule has 9 heteroatoms. The molecule has 0 spiro atoms. The van der Waals surface area contributed by atoms with E-state index in [0.717, 1.165) is 56.2 Å². The second kappa shape index (κ2) is 12.7. The van der Waals surface area contributed by atoms with Crippen LogP contribution in [-0.2, 0) is 22.7 Å². The Labute approximate surface area is 214 Å². The minimum absolute atomic E-state index is 0.0172. The number of hydrogen-bond acceptors (Lipinski definition) is 4. The minimum Gasteiger partial charge on any atom is -0.343 e. The number of likely N-dealkylation sites (tertiary alicyclic amines) is 1. The van der Waals surface area contributed by atoms with Crippen molar-refractivity contribution < 1.29 is 14.4 Å². The van der Waals surface area contributed by atoms with E-state index in [0.29, 0.717) is 32.6 Å². The average Bonchev–Trinajstić information content (AvgIpc) is 3.12. The Morgan fingerprint density at radius 3 is 2.47 bits per heavy atom. The Morgan fingerprint density at radius 2 is 1.81 bits per heavy atom. The third-order valence-corrected chi connectivity index (χ3v) is 7.36. The van der Waals surface area contributed by atoms with Gasteiger partial charge in [0, 0.05) is 39.0 Å². The molecule has 9 nitrogen and oxygen atoms in total. The van der Waals surface area contributed by atoms with Crippen LogP contribution in [0.1, 0.15) is 76.8 Å². The SMILES string of the molecule is CCCCNC(=O)NCc1ccc(CN2C(=N)NC(CCCC)(C3CCCN(C(C)=O)C3)C2=O)cc1. The van der Waals surface area contributed by atoms with Gasteiger partial charge >= 0.3 is 6.03 Å². The topological polar surface area (TPSA) is 118 Å². The molecule has 3 rings (SSSR count). The molecule has 198 valence electrons. The lowest BCUT2D eigenvalue weighted by molar-refractivity contribution is -0.138. The molecule has 0 bridgehead atoms. The number of guanidine groups is 1. The van der Waals surface area contributed by atoms with Crippen molar-refractivity contribution in [2.24, 2.45) is 5.92 Å². The Bertz CT molecular complexity index is 934. The van der Waals surface area contributed by atoms with Crippen molar-refractivity contribution in [1.82, 2.24) is 25.8 Å². The predicted octanol–water partition coefficient (Wildman–Crippen LogP) is 3.34. The van der Waals surface area contributed by atoms with E-state index in [1.54, 1.807) is 6.92 Å². The number of urea groups is 1. The first kappa shape index (κ1) is 27.5. The first-order valence-corrected chi connectivity index (χ1v) is 13.3. The molecule has 4 N–H and O–H groups in total. The quantitative estimate of drug-likeness (QED) is 0.350. The molecule has 2 aliphatic rings. The molecule has 2 heterocycles. The molecule has 2 aliphatic heterocycles. The summed E-state index contributed by atoms with van der Waals surface area (Å²) >= 11 is 0. The highest BCUT2D eigenvalue weighted by Crippen LogP contribution is 2.37. The van der Waals surface area contributed by atoms with Gasteiger partial charge in [-0.15, -0.1) is 0 Å². The van der Waals surface area contributed by atoms with Gasteiger partial charge in [0.1, 0.15) is 5.54 Å². The summed E-state index contributed by atoms with van der Waals surface area (Å²) in [6, 6.07) is 7.59. The van der Waals surface area contributed by atoms with Gasteiger partial charge in [0.15, 0.2) is 5.96 Å². The van der Waals surface area contributed by atoms with E-state index >= 15 is 0 Å². The number of hydrogen-bond donors (Lipinski definition) is 4. The van der Waals surface area contributed by atoms with Gasteiger partial charge in [-0.3, -0.25) is 19.9 Å². The van der Waals surface area contributed by atoms with Gasteiger partial charge in [0.2, 0.25) is 5.91 Å². The summed E-state index contributed by atoms with van der Waals surface area (Å²) in [6.07, 6.45) is 6.21. The summed E-state index contributed by atoms with van der Waals surface area (Å²) in [5.74, 6) is 0.0867. The molecule has 0 aromatic heterocycles. The summed E-state index contributed by atoms with van der Waals surface area (Å²) in [5.41, 5.74) is 1.05. The van der Waals surface area contributed by atoms with Crippen LogP contribution < -0.4 is 16.0 Å². The van der Waals surface area contributed by atoms with Crippen molar-refractivity contribution in [2.45, 2.75) is 84.3 Å². The van der Waals surface area contributed by atoms with Crippen molar-refractivity contribution in [2.75, 3.05) is 19.6 Å². The maximum atomic E-state index is 13.8. The van der Waals surface area contributed by atoms with Gasteiger partial charge in [-0.05, 0) is 36.8 Å². The number of rotatable bonds is 11. The number of carbonyl (C=O) groups is 3. The summed E-state index contributed by atoms with van der Waals surface area (Å²) in [4.78, 5) is 41.1. The van der Waals surface area contributed by atoms with Crippen LogP contribution in [0, 0.1) is 11.3 Å². The number of benzene rings is 1. The van der Waals surface area contributed by atoms with E-state index in [9.17, 15) is 14.4 Å². The van der Waals surface area contributed by atoms with E-state index in [2.05, 4.69) is 29.8 Å². The highest BCUT2D eigenvalue weighted by atomic mass is 16.2. The molecular weight excluding hydrogens is 456 g/mol. The second-order valence-corrected chi connectivity index (χ2v) is 10.0. The molecule has 2 saturated heterocycles. The Balaban J connectivity index is 1.66. The summed E-state index contributed by atoms with van der Waals surface area (Å²) in [6.45, 7) is 8.44. The minimum atomic E-state index is -0.837. The first-order chi connectivity index (χ1) is 17.3. The van der Waals surface area contributed by atoms with Crippen LogP contribution >= 0.6 is 0 Å². The molecule has 0 saturated carbocycles. The Hall–Kier alpha value is -3.10. The molecule has 4 amide bonds. The number of amides is 4. The zero-order valence-corrected chi connectivity index (χ0v) is 22.0. The molecule has 2 fully saturated rings. The van der Waals surface area contributed by atoms with Crippen molar-refractivity contribution >= 4 is 23.8 Å². The first-order valence-electron chi connectivity index (χ1n) is 13.3. The maximum absolute atomic E-state index is 13.8. The number of carbonyl (C=O) groups excluding carboxylic acids is 3. The molecule has 36 heavy (non-hydrogen) atoms. The summed E-state index contributed by atoms with van der Waals surface area (Å²) in [5, 5.41) is 17.6. The zero-order valence-electron chi connectivity index (χ0n) is 22.0. The highest BCUT2D eigenvalue weighted by molar-refractivity contribution is 6.08. The van der Waals surface area contributed by atoms with Crippen LogP contribution in [0.15, 0.2) is 24.3 Å². The summed E-state index contributed by atoms with van der Waals surface area (Å²) in [7, 11) is 0. The number of piperidine rings is 1. The zero-order chi connectivity index (χ0) is 26.1. The largest absolute Gasteiger partial charge is 0.343 e. The molecule has 0 aliphatic carbocycles. The molecule has 2 unspecified atom stereocenters. The van der Waals surface area contributed by atoms with E-state index in [1.807, 2.05) is 29.2 Å². The molecule has 2 atom stereocenters. The van der Waals surface area contributed by atoms with Crippen molar-refractivity contribution in [3.05, 3.63) is 35.4 Å². The monoisotopic (exact) mass is 498 g/mol. The van der Waals surface area contributed by atoms with Gasteiger partial charge in [-0.2, -0.15) is 0 Å². The number of nitrogens with zero attached hydrogens (tertiary/aromatic N) is 2. The van der Waals surface area contributed by atoms with Crippen LogP contribution in [0.2, 0.25) is 0 Å². The van der Waals surface area contributed by atoms with Crippen LogP contribution in [0.5, 0.6) is 0 Å². The van der Waals surface area contributed by atoms with Crippen LogP contribution in [0.3, 0.4) is 0 Å². The van der Waals surface area contributed by atoms with Gasteiger partial charge in [0.05, 0.1) is 6.54 Å². The van der Waals surface area contributed by atoms with Crippen LogP contribution in [0.25, 0.3) is 0 Å². The Kier molecular flexibility index (Phi) is 9.73. The summed E-state index contributed by atoms with van der Waals surface area (Å²) < 4.78 is 0. The second-order valence-electron chi connectivity index (χ2n) is 10.0. The van der Waals surface area contributed by atoms with Gasteiger partial charge in [-0.1, -0.05) is 57.4 Å². The van der Waals surface area contributed by atoms with E-state index in [-0.39, 0.29) is 29.7 Å². The van der Waals surface area contributed by atoms with E-state index < -0.39 is 5.54 Å². The molecule has 0 radical (unpaired) electrons. The van der Waals surface area contributed by atoms with Crippen LogP contribution in [0.4, 0.5) is 4.79 Å². The average molecular weight is 499 g/mol. The number of unbranched alkanes of at least 4 members (excludes halogenated alkanes) is 2. The number of nitrogens with one attached hydrogen (secondary N) is 4. The molecule has 1 aromatic carbocycles. The normalized spacial score (nSPS) is 21.9. The third kappa shape index (κ3) is 6.56. The fourth-order valence-corrected chi connectivity index (χ4v) is 5.17. The van der Waals surface area contributed by atoms with Crippen molar-refractivity contribution in [3.63, 3.8) is 0 Å². The fraction of sp³-hybridized carbons (Fsp3) is 0.630. The molecule has 1 aromatic rings. The van der Waals surface area contributed by atoms with E-state index in [4.69, 9.17) is 5.41 Å². The van der Waals surface area contributed by atoms with Crippen molar-refractivity contribution in [1.29, 1.82) is 5.41 Å². The van der Waals surface area contributed by atoms with E-state index in [1.165, 1.54) is 4.90 Å². The highest BCUT2D eigenvalue weighted by Gasteiger charge is 2.54. The van der Waals surface area contributed by atoms with Gasteiger partial charge < -0.3 is 20.9 Å². The lowest BCUT2D eigenvalue weighted by atomic mass is 9.75. The van der Waals surface area contributed by atoms with Gasteiger partial charge in [-0.25, -0.2) is 4.79 Å². The Morgan fingerprint density at radius 1 is 1.11 bits per heavy atom. The van der Waals surface area contributed by atoms with Gasteiger partial charge in [0.25, 0.3) is 5.91 Å². The standard InChI is InChI=1S/C27H42N6O3/c1-4-6-14-27(23-9-8-16-32(19-23)20(3)34)24(35)33(25(28)31-27)18-22-12-10-21(11-13-22)17-30-26(36)29-15-7-5-2/h10-13,23H,4-9,14-19H2,1-3H3,(H2,28,31)(H2,29,30,36). The fourth-order valence-electron chi connectivity index (χ4n) is 5.17.